The van der Waals surface area contributed by atoms with Crippen molar-refractivity contribution in [3.63, 3.8) is 0 Å². The van der Waals surface area contributed by atoms with Crippen molar-refractivity contribution in [2.24, 2.45) is 4.99 Å². The van der Waals surface area contributed by atoms with Crippen LogP contribution in [0.15, 0.2) is 4.99 Å². The van der Waals surface area contributed by atoms with E-state index in [-0.39, 0.29) is 11.5 Å². The Morgan fingerprint density at radius 2 is 2.27 bits per heavy atom. The molecule has 3 nitrogen and oxygen atoms in total. The van der Waals surface area contributed by atoms with E-state index in [0.717, 1.165) is 0 Å². The van der Waals surface area contributed by atoms with E-state index in [1.54, 1.807) is 6.92 Å². The molecule has 0 aromatic rings. The van der Waals surface area contributed by atoms with E-state index < -0.39 is 15.4 Å². The minimum atomic E-state index is -2.86. The van der Waals surface area contributed by atoms with Crippen LogP contribution in [-0.2, 0) is 9.84 Å². The van der Waals surface area contributed by atoms with Crippen LogP contribution in [-0.4, -0.2) is 30.6 Å². The zero-order chi connectivity index (χ0) is 8.54. The summed E-state index contributed by atoms with van der Waals surface area (Å²) >= 11 is 4.42. The van der Waals surface area contributed by atoms with Gasteiger partial charge in [0.15, 0.2) is 9.84 Å². The molecule has 1 saturated heterocycles. The molecule has 0 N–H and O–H groups in total. The Labute approximate surface area is 71.4 Å². The maximum atomic E-state index is 11.0. The molecule has 0 aliphatic carbocycles. The van der Waals surface area contributed by atoms with Crippen molar-refractivity contribution < 1.29 is 8.42 Å². The zero-order valence-corrected chi connectivity index (χ0v) is 7.83. The van der Waals surface area contributed by atoms with E-state index in [0.29, 0.717) is 6.42 Å². The maximum absolute atomic E-state index is 11.0. The van der Waals surface area contributed by atoms with E-state index in [1.807, 2.05) is 0 Å². The molecule has 0 radical (unpaired) electrons. The van der Waals surface area contributed by atoms with Gasteiger partial charge in [0, 0.05) is 0 Å². The molecule has 1 atom stereocenters. The van der Waals surface area contributed by atoms with Crippen molar-refractivity contribution in [1.29, 1.82) is 0 Å². The second-order valence-electron chi connectivity index (χ2n) is 3.04. The fraction of sp³-hybridized carbons (Fsp3) is 0.833. The van der Waals surface area contributed by atoms with Gasteiger partial charge >= 0.3 is 0 Å². The molecule has 62 valence electrons. The molecule has 1 aliphatic heterocycles. The normalized spacial score (nSPS) is 34.6. The lowest BCUT2D eigenvalue weighted by atomic mass is 10.0. The Morgan fingerprint density at radius 1 is 1.64 bits per heavy atom. The van der Waals surface area contributed by atoms with E-state index in [1.165, 1.54) is 0 Å². The molecule has 0 aromatic heterocycles. The topological polar surface area (TPSA) is 46.5 Å². The van der Waals surface area contributed by atoms with Gasteiger partial charge in [0.2, 0.25) is 0 Å². The molecule has 0 amide bonds. The Kier molecular flexibility index (Phi) is 2.14. The lowest BCUT2D eigenvalue weighted by Crippen LogP contribution is -2.22. The number of hydrogen-bond donors (Lipinski definition) is 0. The fourth-order valence-electron chi connectivity index (χ4n) is 1.19. The summed E-state index contributed by atoms with van der Waals surface area (Å²) in [5.41, 5.74) is -0.499. The van der Waals surface area contributed by atoms with Gasteiger partial charge in [-0.1, -0.05) is 0 Å². The summed E-state index contributed by atoms with van der Waals surface area (Å²) in [6.07, 6.45) is 0.568. The molecule has 11 heavy (non-hydrogen) atoms. The van der Waals surface area contributed by atoms with Crippen LogP contribution in [0.3, 0.4) is 0 Å². The third-order valence-corrected chi connectivity index (χ3v) is 3.78. The summed E-state index contributed by atoms with van der Waals surface area (Å²) in [6.45, 7) is 1.79. The van der Waals surface area contributed by atoms with Crippen LogP contribution >= 0.6 is 12.2 Å². The van der Waals surface area contributed by atoms with Gasteiger partial charge in [-0.05, 0) is 25.6 Å². The van der Waals surface area contributed by atoms with Crippen LogP contribution in [0, 0.1) is 0 Å². The van der Waals surface area contributed by atoms with Gasteiger partial charge in [0.05, 0.1) is 22.2 Å². The average Bonchev–Trinajstić information content (AvgIpc) is 2.07. The zero-order valence-electron chi connectivity index (χ0n) is 6.20. The summed E-state index contributed by atoms with van der Waals surface area (Å²) in [6, 6.07) is 0. The number of aliphatic imine (C=N–C) groups is 1. The summed E-state index contributed by atoms with van der Waals surface area (Å²) < 4.78 is 22.0. The molecule has 1 aliphatic rings. The Morgan fingerprint density at radius 3 is 2.64 bits per heavy atom. The Hall–Kier alpha value is -0.250. The van der Waals surface area contributed by atoms with E-state index >= 15 is 0 Å². The van der Waals surface area contributed by atoms with Gasteiger partial charge in [-0.15, -0.1) is 0 Å². The van der Waals surface area contributed by atoms with Crippen molar-refractivity contribution in [2.45, 2.75) is 18.9 Å². The van der Waals surface area contributed by atoms with Crippen molar-refractivity contribution in [2.75, 3.05) is 11.5 Å². The Bertz CT molecular complexity index is 303. The molecule has 0 aromatic carbocycles. The van der Waals surface area contributed by atoms with Crippen LogP contribution in [0.1, 0.15) is 13.3 Å². The van der Waals surface area contributed by atoms with Gasteiger partial charge in [-0.2, -0.15) is 0 Å². The third-order valence-electron chi connectivity index (χ3n) is 1.80. The predicted octanol–water partition coefficient (Wildman–Crippen LogP) is 0.666. The van der Waals surface area contributed by atoms with Crippen LogP contribution in [0.25, 0.3) is 0 Å². The largest absolute Gasteiger partial charge is 0.229 e. The first-order valence-electron chi connectivity index (χ1n) is 3.27. The third kappa shape index (κ3) is 2.09. The molecule has 1 fully saturated rings. The second kappa shape index (κ2) is 2.66. The van der Waals surface area contributed by atoms with E-state index in [9.17, 15) is 8.42 Å². The summed E-state index contributed by atoms with van der Waals surface area (Å²) in [4.78, 5) is 3.84. The van der Waals surface area contributed by atoms with Gasteiger partial charge in [0.1, 0.15) is 0 Å². The fourth-order valence-corrected chi connectivity index (χ4v) is 3.46. The first kappa shape index (κ1) is 8.84. The molecule has 0 spiro atoms. The number of thiocarbonyl (C=S) groups is 1. The minimum Gasteiger partial charge on any atom is -0.229 e. The molecule has 1 rings (SSSR count). The summed E-state index contributed by atoms with van der Waals surface area (Å²) in [5, 5.41) is 2.23. The van der Waals surface area contributed by atoms with Crippen LogP contribution in [0.4, 0.5) is 0 Å². The Balaban J connectivity index is 2.89. The second-order valence-corrected chi connectivity index (χ2v) is 5.41. The van der Waals surface area contributed by atoms with Crippen LogP contribution in [0.2, 0.25) is 0 Å². The molecule has 0 bridgehead atoms. The SMILES string of the molecule is C[C@]1(N=C=S)CCS(=O)(=O)C1. The highest BCUT2D eigenvalue weighted by molar-refractivity contribution is 7.91. The van der Waals surface area contributed by atoms with Crippen molar-refractivity contribution in [3.05, 3.63) is 0 Å². The lowest BCUT2D eigenvalue weighted by Gasteiger charge is -2.12. The number of hydrogen-bond acceptors (Lipinski definition) is 4. The van der Waals surface area contributed by atoms with Crippen LogP contribution < -0.4 is 0 Å². The summed E-state index contributed by atoms with van der Waals surface area (Å²) in [7, 11) is -2.86. The van der Waals surface area contributed by atoms with Gasteiger partial charge in [0.25, 0.3) is 0 Å². The van der Waals surface area contributed by atoms with Crippen molar-refractivity contribution in [3.8, 4) is 0 Å². The highest BCUT2D eigenvalue weighted by Crippen LogP contribution is 2.25. The van der Waals surface area contributed by atoms with Gasteiger partial charge in [-0.25, -0.2) is 13.4 Å². The molecular formula is C6H9NO2S2. The van der Waals surface area contributed by atoms with Crippen LogP contribution in [0.5, 0.6) is 0 Å². The number of rotatable bonds is 1. The highest BCUT2D eigenvalue weighted by Gasteiger charge is 2.37. The number of isothiocyanates is 1. The number of nitrogens with zero attached hydrogens (tertiary/aromatic N) is 1. The summed E-state index contributed by atoms with van der Waals surface area (Å²) in [5.74, 6) is 0.341. The standard InChI is InChI=1S/C6H9NO2S2/c1-6(7-5-10)2-3-11(8,9)4-6/h2-4H2,1H3/t6-/m0/s1. The average molecular weight is 191 g/mol. The molecular weight excluding hydrogens is 182 g/mol. The molecule has 0 saturated carbocycles. The lowest BCUT2D eigenvalue weighted by molar-refractivity contribution is 0.537. The van der Waals surface area contributed by atoms with Gasteiger partial charge < -0.3 is 0 Å². The van der Waals surface area contributed by atoms with E-state index in [2.05, 4.69) is 22.4 Å². The van der Waals surface area contributed by atoms with Crippen molar-refractivity contribution >= 4 is 27.2 Å². The first-order chi connectivity index (χ1) is 4.97. The quantitative estimate of drug-likeness (QED) is 0.452. The minimum absolute atomic E-state index is 0.115. The smallest absolute Gasteiger partial charge is 0.152 e. The van der Waals surface area contributed by atoms with Gasteiger partial charge in [-0.3, -0.25) is 0 Å². The number of sulfone groups is 1. The molecule has 1 heterocycles. The molecule has 0 unspecified atom stereocenters. The first-order valence-corrected chi connectivity index (χ1v) is 5.50. The van der Waals surface area contributed by atoms with E-state index in [4.69, 9.17) is 0 Å². The molecule has 5 heteroatoms. The van der Waals surface area contributed by atoms with Crippen molar-refractivity contribution in [1.82, 2.24) is 0 Å². The monoisotopic (exact) mass is 191 g/mol. The predicted molar refractivity (Wildman–Crippen MR) is 46.7 cm³/mol. The maximum Gasteiger partial charge on any atom is 0.152 e. The highest BCUT2D eigenvalue weighted by atomic mass is 32.2.